The molecule has 0 fully saturated rings. The van der Waals surface area contributed by atoms with Crippen molar-refractivity contribution in [3.8, 4) is 11.5 Å². The molecule has 0 saturated heterocycles. The SMILES string of the molecule is NCC[C@@H]1CN=C(C2COc3ccccc3O2)N1. The van der Waals surface area contributed by atoms with E-state index in [0.29, 0.717) is 19.2 Å². The molecule has 1 unspecified atom stereocenters. The molecule has 0 radical (unpaired) electrons. The minimum absolute atomic E-state index is 0.136. The van der Waals surface area contributed by atoms with Crippen molar-refractivity contribution in [1.29, 1.82) is 0 Å². The van der Waals surface area contributed by atoms with E-state index in [9.17, 15) is 0 Å². The molecular weight excluding hydrogens is 230 g/mol. The Bertz CT molecular complexity index is 461. The van der Waals surface area contributed by atoms with Gasteiger partial charge in [-0.05, 0) is 25.1 Å². The summed E-state index contributed by atoms with van der Waals surface area (Å²) in [5, 5.41) is 3.36. The van der Waals surface area contributed by atoms with E-state index in [0.717, 1.165) is 30.3 Å². The molecule has 2 heterocycles. The van der Waals surface area contributed by atoms with Crippen molar-refractivity contribution in [3.63, 3.8) is 0 Å². The van der Waals surface area contributed by atoms with Crippen LogP contribution in [0, 0.1) is 0 Å². The Kier molecular flexibility index (Phi) is 3.06. The second-order valence-electron chi connectivity index (χ2n) is 4.51. The zero-order valence-corrected chi connectivity index (χ0v) is 10.1. The fourth-order valence-corrected chi connectivity index (χ4v) is 2.22. The lowest BCUT2D eigenvalue weighted by molar-refractivity contribution is 0.133. The van der Waals surface area contributed by atoms with Crippen molar-refractivity contribution in [2.45, 2.75) is 18.6 Å². The van der Waals surface area contributed by atoms with Gasteiger partial charge in [0.2, 0.25) is 0 Å². The quantitative estimate of drug-likeness (QED) is 0.818. The summed E-state index contributed by atoms with van der Waals surface area (Å²) in [5.74, 6) is 2.45. The van der Waals surface area contributed by atoms with Gasteiger partial charge in [-0.25, -0.2) is 0 Å². The number of ether oxygens (including phenoxy) is 2. The van der Waals surface area contributed by atoms with Gasteiger partial charge in [-0.3, -0.25) is 4.99 Å². The number of aliphatic imine (C=N–C) groups is 1. The van der Waals surface area contributed by atoms with Crippen LogP contribution in [0.25, 0.3) is 0 Å². The minimum atomic E-state index is -0.136. The summed E-state index contributed by atoms with van der Waals surface area (Å²) in [5.41, 5.74) is 5.55. The highest BCUT2D eigenvalue weighted by Crippen LogP contribution is 2.31. The molecule has 96 valence electrons. The number of fused-ring (bicyclic) bond motifs is 1. The number of para-hydroxylation sites is 2. The topological polar surface area (TPSA) is 68.9 Å². The van der Waals surface area contributed by atoms with Crippen molar-refractivity contribution >= 4 is 5.84 Å². The third-order valence-electron chi connectivity index (χ3n) is 3.16. The normalized spacial score (nSPS) is 25.5. The molecule has 18 heavy (non-hydrogen) atoms. The van der Waals surface area contributed by atoms with E-state index in [1.165, 1.54) is 0 Å². The summed E-state index contributed by atoms with van der Waals surface area (Å²) < 4.78 is 11.6. The van der Waals surface area contributed by atoms with Gasteiger partial charge >= 0.3 is 0 Å². The van der Waals surface area contributed by atoms with Crippen LogP contribution in [-0.4, -0.2) is 37.7 Å². The van der Waals surface area contributed by atoms with Crippen LogP contribution in [0.1, 0.15) is 6.42 Å². The second-order valence-corrected chi connectivity index (χ2v) is 4.51. The number of hydrogen-bond donors (Lipinski definition) is 2. The average Bonchev–Trinajstić information content (AvgIpc) is 2.87. The van der Waals surface area contributed by atoms with Crippen LogP contribution >= 0.6 is 0 Å². The number of amidine groups is 1. The molecule has 0 bridgehead atoms. The predicted octanol–water partition coefficient (Wildman–Crippen LogP) is 0.545. The van der Waals surface area contributed by atoms with E-state index in [2.05, 4.69) is 10.3 Å². The first-order chi connectivity index (χ1) is 8.86. The summed E-state index contributed by atoms with van der Waals surface area (Å²) in [6.45, 7) is 1.94. The van der Waals surface area contributed by atoms with E-state index in [1.54, 1.807) is 0 Å². The number of nitrogens with zero attached hydrogens (tertiary/aromatic N) is 1. The van der Waals surface area contributed by atoms with Crippen LogP contribution in [0.3, 0.4) is 0 Å². The number of nitrogens with two attached hydrogens (primary N) is 1. The lowest BCUT2D eigenvalue weighted by Gasteiger charge is -2.27. The molecular formula is C13H17N3O2. The molecule has 0 amide bonds. The molecule has 5 heteroatoms. The molecule has 3 rings (SSSR count). The fourth-order valence-electron chi connectivity index (χ4n) is 2.22. The molecule has 2 aliphatic heterocycles. The summed E-state index contributed by atoms with van der Waals surface area (Å²) >= 11 is 0. The first-order valence-corrected chi connectivity index (χ1v) is 6.26. The zero-order valence-electron chi connectivity index (χ0n) is 10.1. The van der Waals surface area contributed by atoms with Crippen molar-refractivity contribution in [1.82, 2.24) is 5.32 Å². The Hall–Kier alpha value is -1.75. The van der Waals surface area contributed by atoms with Crippen molar-refractivity contribution < 1.29 is 9.47 Å². The van der Waals surface area contributed by atoms with Gasteiger partial charge in [0.1, 0.15) is 12.4 Å². The van der Waals surface area contributed by atoms with Gasteiger partial charge in [-0.15, -0.1) is 0 Å². The highest BCUT2D eigenvalue weighted by Gasteiger charge is 2.29. The number of hydrogen-bond acceptors (Lipinski definition) is 5. The monoisotopic (exact) mass is 247 g/mol. The summed E-state index contributed by atoms with van der Waals surface area (Å²) in [4.78, 5) is 4.48. The molecule has 0 spiro atoms. The fraction of sp³-hybridized carbons (Fsp3) is 0.462. The highest BCUT2D eigenvalue weighted by atomic mass is 16.6. The average molecular weight is 247 g/mol. The van der Waals surface area contributed by atoms with Gasteiger partial charge in [-0.2, -0.15) is 0 Å². The van der Waals surface area contributed by atoms with Gasteiger partial charge in [-0.1, -0.05) is 12.1 Å². The van der Waals surface area contributed by atoms with Crippen LogP contribution in [0.2, 0.25) is 0 Å². The Morgan fingerprint density at radius 2 is 2.17 bits per heavy atom. The molecule has 1 aromatic carbocycles. The van der Waals surface area contributed by atoms with E-state index in [1.807, 2.05) is 24.3 Å². The Morgan fingerprint density at radius 3 is 3.00 bits per heavy atom. The third-order valence-corrected chi connectivity index (χ3v) is 3.16. The molecule has 3 N–H and O–H groups in total. The third kappa shape index (κ3) is 2.13. The van der Waals surface area contributed by atoms with Crippen LogP contribution in [0.4, 0.5) is 0 Å². The van der Waals surface area contributed by atoms with Crippen LogP contribution < -0.4 is 20.5 Å². The van der Waals surface area contributed by atoms with Crippen LogP contribution in [-0.2, 0) is 0 Å². The van der Waals surface area contributed by atoms with Crippen molar-refractivity contribution in [3.05, 3.63) is 24.3 Å². The van der Waals surface area contributed by atoms with E-state index >= 15 is 0 Å². The highest BCUT2D eigenvalue weighted by molar-refractivity contribution is 5.89. The predicted molar refractivity (Wildman–Crippen MR) is 69.3 cm³/mol. The first kappa shape index (κ1) is 11.3. The van der Waals surface area contributed by atoms with E-state index < -0.39 is 0 Å². The van der Waals surface area contributed by atoms with Gasteiger partial charge in [0.15, 0.2) is 17.6 Å². The van der Waals surface area contributed by atoms with Crippen molar-refractivity contribution in [2.24, 2.45) is 10.7 Å². The molecule has 2 atom stereocenters. The van der Waals surface area contributed by atoms with E-state index in [4.69, 9.17) is 15.2 Å². The molecule has 1 aromatic rings. The summed E-state index contributed by atoms with van der Waals surface area (Å²) in [6.07, 6.45) is 0.791. The Balaban J connectivity index is 1.66. The van der Waals surface area contributed by atoms with Gasteiger partial charge in [0.05, 0.1) is 6.54 Å². The standard InChI is InChI=1S/C13H17N3O2/c14-6-5-9-7-15-13(16-9)12-8-17-10-3-1-2-4-11(10)18-12/h1-4,9,12H,5-8,14H2,(H,15,16)/t9-,12?/m1/s1. The maximum Gasteiger partial charge on any atom is 0.189 e. The molecule has 0 aliphatic carbocycles. The molecule has 2 aliphatic rings. The summed E-state index contributed by atoms with van der Waals surface area (Å²) in [6, 6.07) is 8.03. The maximum absolute atomic E-state index is 5.89. The zero-order chi connectivity index (χ0) is 12.4. The van der Waals surface area contributed by atoms with Gasteiger partial charge in [0, 0.05) is 6.04 Å². The number of rotatable bonds is 3. The second kappa shape index (κ2) is 4.86. The largest absolute Gasteiger partial charge is 0.485 e. The molecule has 0 saturated carbocycles. The lowest BCUT2D eigenvalue weighted by atomic mass is 10.2. The first-order valence-electron chi connectivity index (χ1n) is 6.26. The van der Waals surface area contributed by atoms with E-state index in [-0.39, 0.29) is 6.10 Å². The Morgan fingerprint density at radius 1 is 1.33 bits per heavy atom. The number of benzene rings is 1. The summed E-state index contributed by atoms with van der Waals surface area (Å²) in [7, 11) is 0. The van der Waals surface area contributed by atoms with Gasteiger partial charge < -0.3 is 20.5 Å². The maximum atomic E-state index is 5.89. The number of nitrogens with one attached hydrogen (secondary N) is 1. The minimum Gasteiger partial charge on any atom is -0.485 e. The smallest absolute Gasteiger partial charge is 0.189 e. The molecule has 5 nitrogen and oxygen atoms in total. The van der Waals surface area contributed by atoms with Crippen LogP contribution in [0.15, 0.2) is 29.3 Å². The Labute approximate surface area is 106 Å². The van der Waals surface area contributed by atoms with Crippen LogP contribution in [0.5, 0.6) is 11.5 Å². The van der Waals surface area contributed by atoms with Crippen molar-refractivity contribution in [2.75, 3.05) is 19.7 Å². The lowest BCUT2D eigenvalue weighted by Crippen LogP contribution is -2.45. The van der Waals surface area contributed by atoms with Gasteiger partial charge in [0.25, 0.3) is 0 Å². The molecule has 0 aromatic heterocycles.